The third kappa shape index (κ3) is 3.92. The lowest BCUT2D eigenvalue weighted by molar-refractivity contribution is -0.122. The number of amides is 2. The Hall–Kier alpha value is -3.61. The fraction of sp³-hybridized carbons (Fsp3) is 0.172. The van der Waals surface area contributed by atoms with Gasteiger partial charge in [0.15, 0.2) is 9.75 Å². The topological polar surface area (TPSA) is 66.8 Å². The molecule has 8 heteroatoms. The summed E-state index contributed by atoms with van der Waals surface area (Å²) in [5, 5.41) is 11.0. The number of hydrogen-bond donors (Lipinski definition) is 1. The molecule has 5 rings (SSSR count). The van der Waals surface area contributed by atoms with Crippen molar-refractivity contribution in [1.82, 2.24) is 0 Å². The molecule has 2 amide bonds. The summed E-state index contributed by atoms with van der Waals surface area (Å²) in [4.78, 5) is 24.5. The van der Waals surface area contributed by atoms with Crippen molar-refractivity contribution in [2.75, 3.05) is 4.90 Å². The highest BCUT2D eigenvalue weighted by molar-refractivity contribution is 6.58. The highest BCUT2D eigenvalue weighted by Gasteiger charge is 2.73. The number of hydrogen-bond acceptors (Lipinski definition) is 4. The summed E-state index contributed by atoms with van der Waals surface area (Å²) in [6, 6.07) is 19.2. The van der Waals surface area contributed by atoms with Gasteiger partial charge in [0.05, 0.1) is 5.69 Å². The average molecular weight is 538 g/mol. The van der Waals surface area contributed by atoms with Crippen molar-refractivity contribution < 1.29 is 23.8 Å². The second-order valence-corrected chi connectivity index (χ2v) is 10.2. The van der Waals surface area contributed by atoms with Crippen LogP contribution >= 0.6 is 23.2 Å². The molecule has 0 unspecified atom stereocenters. The molecule has 3 aromatic carbocycles. The van der Waals surface area contributed by atoms with Crippen LogP contribution in [0.2, 0.25) is 0 Å². The Balaban J connectivity index is 1.54. The Morgan fingerprint density at radius 1 is 1.05 bits per heavy atom. The molecule has 2 aliphatic rings. The van der Waals surface area contributed by atoms with Crippen LogP contribution in [-0.4, -0.2) is 26.7 Å². The molecule has 1 N–H and O–H groups in total. The maximum atomic E-state index is 13.9. The zero-order valence-electron chi connectivity index (χ0n) is 19.5. The second kappa shape index (κ2) is 9.36. The molecule has 0 bridgehead atoms. The lowest BCUT2D eigenvalue weighted by atomic mass is 9.68. The van der Waals surface area contributed by atoms with Gasteiger partial charge in [-0.3, -0.25) is 9.59 Å². The molecule has 188 valence electrons. The number of imide groups is 1. The molecule has 1 aliphatic heterocycles. The van der Waals surface area contributed by atoms with E-state index in [0.29, 0.717) is 23.5 Å². The smallest absolute Gasteiger partial charge is 0.258 e. The van der Waals surface area contributed by atoms with E-state index >= 15 is 0 Å². The van der Waals surface area contributed by atoms with E-state index in [1.54, 1.807) is 18.2 Å². The van der Waals surface area contributed by atoms with Crippen molar-refractivity contribution in [3.8, 4) is 11.5 Å². The highest BCUT2D eigenvalue weighted by atomic mass is 35.5. The maximum Gasteiger partial charge on any atom is 0.258 e. The minimum atomic E-state index is -1.98. The first-order chi connectivity index (χ1) is 17.7. The predicted octanol–water partition coefficient (Wildman–Crippen LogP) is 6.24. The number of alkyl halides is 2. The SMILES string of the molecule is C=CC1=CC[C@@]2(Cl)C(=O)N(c3ccc(F)cc3)C(=O)[C@@]2(Cl)[C@H]1c1ccc(OCc2ccccc2)cc1O. The van der Waals surface area contributed by atoms with Gasteiger partial charge in [0.2, 0.25) is 0 Å². The summed E-state index contributed by atoms with van der Waals surface area (Å²) < 4.78 is 19.3. The van der Waals surface area contributed by atoms with E-state index < -0.39 is 33.3 Å². The molecule has 0 saturated carbocycles. The number of carbonyl (C=O) groups is 2. The van der Waals surface area contributed by atoms with Gasteiger partial charge in [-0.15, -0.1) is 23.2 Å². The minimum Gasteiger partial charge on any atom is -0.508 e. The number of carbonyl (C=O) groups excluding carboxylic acids is 2. The van der Waals surface area contributed by atoms with Crippen molar-refractivity contribution in [3.63, 3.8) is 0 Å². The average Bonchev–Trinajstić information content (AvgIpc) is 3.06. The van der Waals surface area contributed by atoms with Crippen LogP contribution in [0.5, 0.6) is 11.5 Å². The molecular formula is C29H22Cl2FNO4. The van der Waals surface area contributed by atoms with E-state index in [9.17, 15) is 19.1 Å². The molecule has 1 fully saturated rings. The molecule has 1 heterocycles. The number of ether oxygens (including phenoxy) is 1. The number of nitrogens with zero attached hydrogens (tertiary/aromatic N) is 1. The fourth-order valence-corrected chi connectivity index (χ4v) is 5.81. The Morgan fingerprint density at radius 3 is 2.41 bits per heavy atom. The Morgan fingerprint density at radius 2 is 1.76 bits per heavy atom. The zero-order valence-corrected chi connectivity index (χ0v) is 21.0. The number of phenolic OH excluding ortho intramolecular Hbond substituents is 1. The number of fused-ring (bicyclic) bond motifs is 1. The van der Waals surface area contributed by atoms with Gasteiger partial charge in [-0.2, -0.15) is 0 Å². The molecular weight excluding hydrogens is 516 g/mol. The third-order valence-corrected chi connectivity index (χ3v) is 8.28. The van der Waals surface area contributed by atoms with Gasteiger partial charge in [0.25, 0.3) is 11.8 Å². The molecule has 3 aromatic rings. The van der Waals surface area contributed by atoms with Gasteiger partial charge >= 0.3 is 0 Å². The first-order valence-electron chi connectivity index (χ1n) is 11.5. The van der Waals surface area contributed by atoms with Crippen molar-refractivity contribution in [2.45, 2.75) is 28.7 Å². The summed E-state index contributed by atoms with van der Waals surface area (Å²) in [7, 11) is 0. The van der Waals surface area contributed by atoms with Crippen LogP contribution < -0.4 is 9.64 Å². The van der Waals surface area contributed by atoms with Crippen molar-refractivity contribution >= 4 is 40.7 Å². The summed E-state index contributed by atoms with van der Waals surface area (Å²) in [5.74, 6) is -2.76. The number of anilines is 1. The Bertz CT molecular complexity index is 1430. The van der Waals surface area contributed by atoms with Crippen LogP contribution in [-0.2, 0) is 16.2 Å². The molecule has 0 radical (unpaired) electrons. The van der Waals surface area contributed by atoms with Crippen LogP contribution in [0.3, 0.4) is 0 Å². The van der Waals surface area contributed by atoms with Crippen LogP contribution in [0.1, 0.15) is 23.5 Å². The number of rotatable bonds is 6. The van der Waals surface area contributed by atoms with E-state index in [0.717, 1.165) is 22.6 Å². The van der Waals surface area contributed by atoms with Gasteiger partial charge < -0.3 is 9.84 Å². The largest absolute Gasteiger partial charge is 0.508 e. The van der Waals surface area contributed by atoms with Crippen molar-refractivity contribution in [2.24, 2.45) is 0 Å². The van der Waals surface area contributed by atoms with Gasteiger partial charge in [0, 0.05) is 17.5 Å². The number of benzene rings is 3. The van der Waals surface area contributed by atoms with E-state index in [-0.39, 0.29) is 17.9 Å². The van der Waals surface area contributed by atoms with Gasteiger partial charge in [-0.05, 0) is 47.9 Å². The predicted molar refractivity (Wildman–Crippen MR) is 141 cm³/mol. The van der Waals surface area contributed by atoms with Gasteiger partial charge in [-0.25, -0.2) is 9.29 Å². The van der Waals surface area contributed by atoms with Crippen LogP contribution in [0.4, 0.5) is 10.1 Å². The standard InChI is InChI=1S/C29H22Cl2FNO4/c1-2-19-14-15-28(30)26(35)33(21-10-8-20(32)9-11-21)27(36)29(28,31)25(19)23-13-12-22(16-24(23)34)37-17-18-6-4-3-5-7-18/h2-14,16,25,34H,1,15,17H2/t25-,28-,29+/m1/s1. The summed E-state index contributed by atoms with van der Waals surface area (Å²) >= 11 is 14.0. The lowest BCUT2D eigenvalue weighted by Crippen LogP contribution is -2.54. The zero-order chi connectivity index (χ0) is 26.4. The maximum absolute atomic E-state index is 13.9. The number of aromatic hydroxyl groups is 1. The van der Waals surface area contributed by atoms with Crippen LogP contribution in [0.25, 0.3) is 0 Å². The molecule has 3 atom stereocenters. The summed E-state index contributed by atoms with van der Waals surface area (Å²) in [6.07, 6.45) is 3.20. The van der Waals surface area contributed by atoms with Crippen molar-refractivity contribution in [3.05, 3.63) is 114 Å². The van der Waals surface area contributed by atoms with Gasteiger partial charge in [0.1, 0.15) is 23.9 Å². The number of halogens is 3. The Kier molecular flexibility index (Phi) is 6.34. The van der Waals surface area contributed by atoms with E-state index in [1.807, 2.05) is 30.3 Å². The summed E-state index contributed by atoms with van der Waals surface area (Å²) in [5.41, 5.74) is 1.94. The highest BCUT2D eigenvalue weighted by Crippen LogP contribution is 2.60. The van der Waals surface area contributed by atoms with Gasteiger partial charge in [-0.1, -0.05) is 55.1 Å². The molecule has 37 heavy (non-hydrogen) atoms. The van der Waals surface area contributed by atoms with E-state index in [2.05, 4.69) is 6.58 Å². The van der Waals surface area contributed by atoms with Crippen molar-refractivity contribution in [1.29, 1.82) is 0 Å². The Labute approximate surface area is 223 Å². The molecule has 1 saturated heterocycles. The molecule has 1 aliphatic carbocycles. The number of allylic oxidation sites excluding steroid dienone is 3. The normalized spacial score (nSPS) is 25.0. The van der Waals surface area contributed by atoms with Crippen LogP contribution in [0, 0.1) is 5.82 Å². The fourth-order valence-electron chi connectivity index (χ4n) is 4.97. The first kappa shape index (κ1) is 25.1. The van der Waals surface area contributed by atoms with E-state index in [1.165, 1.54) is 24.3 Å². The minimum absolute atomic E-state index is 0.0305. The third-order valence-electron chi connectivity index (χ3n) is 6.87. The molecule has 0 spiro atoms. The lowest BCUT2D eigenvalue weighted by Gasteiger charge is -2.42. The summed E-state index contributed by atoms with van der Waals surface area (Å²) in [6.45, 7) is 4.14. The molecule has 0 aromatic heterocycles. The first-order valence-corrected chi connectivity index (χ1v) is 12.3. The quantitative estimate of drug-likeness (QED) is 0.298. The van der Waals surface area contributed by atoms with Crippen LogP contribution in [0.15, 0.2) is 97.1 Å². The molecule has 5 nitrogen and oxygen atoms in total. The number of phenols is 1. The second-order valence-electron chi connectivity index (χ2n) is 8.98. The monoisotopic (exact) mass is 537 g/mol. The van der Waals surface area contributed by atoms with E-state index in [4.69, 9.17) is 27.9 Å².